The molecule has 14 rings (SSSR count). The first kappa shape index (κ1) is 44.4. The maximum atomic E-state index is 2.56. The molecule has 0 radical (unpaired) electrons. The van der Waals surface area contributed by atoms with Crippen molar-refractivity contribution in [1.82, 2.24) is 0 Å². The molecule has 1 aliphatic rings. The SMILES string of the molecule is c1ccc(-c2cc(-c3ccccc3)cc(N(c3cccc(C4(c5ccccc5)c5ccccc5-c5ccccc54)c3)c3cccc(-c4ccccc4-c4ccccc4)c3-c3cccc4sc5ccccc5c34)c2)cc1. The van der Waals surface area contributed by atoms with E-state index in [-0.39, 0.29) is 0 Å². The number of thiophene rings is 1. The Balaban J connectivity index is 1.12. The molecular weight excluding hydrogens is 923 g/mol. The molecule has 0 saturated carbocycles. The Kier molecular flexibility index (Phi) is 11.0. The van der Waals surface area contributed by atoms with Gasteiger partial charge in [-0.25, -0.2) is 0 Å². The summed E-state index contributed by atoms with van der Waals surface area (Å²) >= 11 is 1.87. The van der Waals surface area contributed by atoms with Crippen molar-refractivity contribution in [2.45, 2.75) is 5.41 Å². The van der Waals surface area contributed by atoms with Gasteiger partial charge in [0.05, 0.1) is 11.1 Å². The van der Waals surface area contributed by atoms with Crippen molar-refractivity contribution in [3.8, 4) is 66.8 Å². The molecule has 352 valence electrons. The number of benzene rings is 12. The van der Waals surface area contributed by atoms with Crippen molar-refractivity contribution in [1.29, 1.82) is 0 Å². The standard InChI is InChI=1S/C73H49NS/c1-5-24-50(25-6-1)53-46-54(51-26-7-2-8-27-51)48-58(47-53)74(57-33-21-32-56(49-57)73(55-30-11-4-12-31-55)66-41-18-15-36-61(66)62-37-16-19-42-67(62)73)68-43-22-39-63(60-35-14-13-34-59(60)52-28-9-3-10-29-52)71(68)65-40-23-45-70-72(65)64-38-17-20-44-69(64)75-70/h1-49H. The third kappa shape index (κ3) is 7.45. The van der Waals surface area contributed by atoms with Crippen molar-refractivity contribution in [2.24, 2.45) is 0 Å². The van der Waals surface area contributed by atoms with Crippen LogP contribution in [0.3, 0.4) is 0 Å². The van der Waals surface area contributed by atoms with Crippen LogP contribution in [0.4, 0.5) is 17.1 Å². The molecule has 2 heteroatoms. The maximum absolute atomic E-state index is 2.56. The van der Waals surface area contributed by atoms with E-state index in [1.54, 1.807) is 0 Å². The fourth-order valence-corrected chi connectivity index (χ4v) is 13.3. The van der Waals surface area contributed by atoms with Crippen LogP contribution in [-0.4, -0.2) is 0 Å². The molecule has 0 unspecified atom stereocenters. The molecule has 0 saturated heterocycles. The van der Waals surface area contributed by atoms with Crippen LogP contribution in [0.15, 0.2) is 297 Å². The van der Waals surface area contributed by atoms with Gasteiger partial charge in [0.15, 0.2) is 0 Å². The molecule has 13 aromatic rings. The second-order valence-electron chi connectivity index (χ2n) is 19.5. The lowest BCUT2D eigenvalue weighted by atomic mass is 9.67. The van der Waals surface area contributed by atoms with E-state index in [9.17, 15) is 0 Å². The highest BCUT2D eigenvalue weighted by Gasteiger charge is 2.46. The molecule has 0 spiro atoms. The summed E-state index contributed by atoms with van der Waals surface area (Å²) in [6.07, 6.45) is 0. The van der Waals surface area contributed by atoms with Gasteiger partial charge < -0.3 is 4.90 Å². The predicted octanol–water partition coefficient (Wildman–Crippen LogP) is 20.2. The lowest BCUT2D eigenvalue weighted by Gasteiger charge is -2.36. The van der Waals surface area contributed by atoms with Gasteiger partial charge in [-0.15, -0.1) is 11.3 Å². The van der Waals surface area contributed by atoms with Crippen LogP contribution >= 0.6 is 11.3 Å². The van der Waals surface area contributed by atoms with Gasteiger partial charge in [-0.2, -0.15) is 0 Å². The minimum absolute atomic E-state index is 0.600. The van der Waals surface area contributed by atoms with Crippen molar-refractivity contribution in [2.75, 3.05) is 4.90 Å². The molecule has 0 bridgehead atoms. The third-order valence-corrected chi connectivity index (χ3v) is 16.5. The quantitative estimate of drug-likeness (QED) is 0.132. The molecule has 1 heterocycles. The predicted molar refractivity (Wildman–Crippen MR) is 318 cm³/mol. The van der Waals surface area contributed by atoms with Gasteiger partial charge in [0.1, 0.15) is 0 Å². The van der Waals surface area contributed by atoms with Gasteiger partial charge in [-0.05, 0) is 132 Å². The Morgan fingerprint density at radius 2 is 0.760 bits per heavy atom. The third-order valence-electron chi connectivity index (χ3n) is 15.3. The molecule has 0 fully saturated rings. The zero-order valence-electron chi connectivity index (χ0n) is 41.1. The monoisotopic (exact) mass is 971 g/mol. The van der Waals surface area contributed by atoms with Crippen molar-refractivity contribution in [3.05, 3.63) is 320 Å². The summed E-state index contributed by atoms with van der Waals surface area (Å²) in [6.45, 7) is 0. The number of hydrogen-bond donors (Lipinski definition) is 0. The van der Waals surface area contributed by atoms with Crippen LogP contribution in [0.1, 0.15) is 22.3 Å². The minimum Gasteiger partial charge on any atom is -0.310 e. The summed E-state index contributed by atoms with van der Waals surface area (Å²) in [6, 6.07) is 110. The van der Waals surface area contributed by atoms with Crippen molar-refractivity contribution >= 4 is 48.6 Å². The zero-order chi connectivity index (χ0) is 49.7. The molecule has 1 aromatic heterocycles. The number of hydrogen-bond acceptors (Lipinski definition) is 2. The first-order valence-corrected chi connectivity index (χ1v) is 26.6. The number of rotatable bonds is 10. The number of fused-ring (bicyclic) bond motifs is 6. The lowest BCUT2D eigenvalue weighted by molar-refractivity contribution is 0.768. The van der Waals surface area contributed by atoms with E-state index in [4.69, 9.17) is 0 Å². The molecule has 12 aromatic carbocycles. The van der Waals surface area contributed by atoms with Crippen LogP contribution < -0.4 is 4.90 Å². The molecule has 0 atom stereocenters. The zero-order valence-corrected chi connectivity index (χ0v) is 42.0. The normalized spacial score (nSPS) is 12.4. The highest BCUT2D eigenvalue weighted by molar-refractivity contribution is 7.26. The van der Waals surface area contributed by atoms with E-state index in [0.29, 0.717) is 0 Å². The van der Waals surface area contributed by atoms with Crippen molar-refractivity contribution < 1.29 is 0 Å². The van der Waals surface area contributed by atoms with Gasteiger partial charge in [-0.1, -0.05) is 249 Å². The van der Waals surface area contributed by atoms with Gasteiger partial charge in [0.25, 0.3) is 0 Å². The van der Waals surface area contributed by atoms with Gasteiger partial charge >= 0.3 is 0 Å². The molecule has 1 aliphatic carbocycles. The van der Waals surface area contributed by atoms with Crippen LogP contribution in [-0.2, 0) is 5.41 Å². The summed E-state index contributed by atoms with van der Waals surface area (Å²) in [5.41, 5.74) is 21.8. The van der Waals surface area contributed by atoms with E-state index in [0.717, 1.165) is 44.9 Å². The molecule has 1 nitrogen and oxygen atoms in total. The van der Waals surface area contributed by atoms with Crippen LogP contribution in [0, 0.1) is 0 Å². The summed E-state index contributed by atoms with van der Waals surface area (Å²) in [5, 5.41) is 2.53. The topological polar surface area (TPSA) is 3.24 Å². The summed E-state index contributed by atoms with van der Waals surface area (Å²) < 4.78 is 2.54. The average Bonchev–Trinajstić information content (AvgIpc) is 4.08. The Bertz CT molecular complexity index is 4130. The summed E-state index contributed by atoms with van der Waals surface area (Å²) in [7, 11) is 0. The lowest BCUT2D eigenvalue weighted by Crippen LogP contribution is -2.28. The van der Waals surface area contributed by atoms with Gasteiger partial charge in [-0.3, -0.25) is 0 Å². The Morgan fingerprint density at radius 3 is 1.43 bits per heavy atom. The van der Waals surface area contributed by atoms with E-state index in [2.05, 4.69) is 302 Å². The maximum Gasteiger partial charge on any atom is 0.0714 e. The fourth-order valence-electron chi connectivity index (χ4n) is 12.2. The Hall–Kier alpha value is -9.34. The highest BCUT2D eigenvalue weighted by atomic mass is 32.1. The van der Waals surface area contributed by atoms with E-state index >= 15 is 0 Å². The van der Waals surface area contributed by atoms with Crippen LogP contribution in [0.25, 0.3) is 86.9 Å². The largest absolute Gasteiger partial charge is 0.310 e. The molecule has 75 heavy (non-hydrogen) atoms. The van der Waals surface area contributed by atoms with E-state index in [1.165, 1.54) is 81.4 Å². The average molecular weight is 972 g/mol. The summed E-state index contributed by atoms with van der Waals surface area (Å²) in [5.74, 6) is 0. The van der Waals surface area contributed by atoms with Gasteiger partial charge in [0, 0.05) is 37.1 Å². The second kappa shape index (κ2) is 18.6. The molecule has 0 aliphatic heterocycles. The Morgan fingerprint density at radius 1 is 0.280 bits per heavy atom. The van der Waals surface area contributed by atoms with Crippen LogP contribution in [0.5, 0.6) is 0 Å². The molecular formula is C73H49NS. The van der Waals surface area contributed by atoms with Crippen LogP contribution in [0.2, 0.25) is 0 Å². The molecule has 0 amide bonds. The Labute approximate surface area is 442 Å². The van der Waals surface area contributed by atoms with E-state index < -0.39 is 5.41 Å². The first-order chi connectivity index (χ1) is 37.2. The van der Waals surface area contributed by atoms with Gasteiger partial charge in [0.2, 0.25) is 0 Å². The second-order valence-corrected chi connectivity index (χ2v) is 20.6. The summed E-state index contributed by atoms with van der Waals surface area (Å²) in [4.78, 5) is 2.56. The first-order valence-electron chi connectivity index (χ1n) is 25.8. The highest BCUT2D eigenvalue weighted by Crippen LogP contribution is 2.58. The fraction of sp³-hybridized carbons (Fsp3) is 0.0137. The number of anilines is 3. The van der Waals surface area contributed by atoms with Crippen molar-refractivity contribution in [3.63, 3.8) is 0 Å². The minimum atomic E-state index is -0.600. The van der Waals surface area contributed by atoms with E-state index in [1.807, 2.05) is 11.3 Å². The molecule has 0 N–H and O–H groups in total. The smallest absolute Gasteiger partial charge is 0.0714 e. The number of nitrogens with zero attached hydrogens (tertiary/aromatic N) is 1.